The molecule has 100 valence electrons. The lowest BCUT2D eigenvalue weighted by Gasteiger charge is -2.12. The van der Waals surface area contributed by atoms with E-state index in [9.17, 15) is 4.79 Å². The maximum Gasteiger partial charge on any atom is 0.258 e. The first kappa shape index (κ1) is 14.3. The van der Waals surface area contributed by atoms with Gasteiger partial charge >= 0.3 is 0 Å². The van der Waals surface area contributed by atoms with Crippen LogP contribution in [0.25, 0.3) is 0 Å². The minimum atomic E-state index is -0.157. The quantitative estimate of drug-likeness (QED) is 0.794. The van der Waals surface area contributed by atoms with Gasteiger partial charge in [0.2, 0.25) is 0 Å². The largest absolute Gasteiger partial charge is 0.493 e. The number of amides is 1. The van der Waals surface area contributed by atoms with E-state index in [2.05, 4.69) is 5.32 Å². The third-order valence-electron chi connectivity index (χ3n) is 2.27. The molecular weight excluding hydrogens is 232 g/mol. The molecule has 0 heterocycles. The van der Waals surface area contributed by atoms with Crippen LogP contribution in [0.15, 0.2) is 18.2 Å². The maximum atomic E-state index is 11.5. The van der Waals surface area contributed by atoms with E-state index in [1.54, 1.807) is 19.2 Å². The number of ether oxygens (including phenoxy) is 2. The SMILES string of the molecule is COc1cc(CN)ccc1OCC(=O)NC(C)C. The number of nitrogens with one attached hydrogen (secondary N) is 1. The zero-order valence-corrected chi connectivity index (χ0v) is 11.0. The number of hydrogen-bond acceptors (Lipinski definition) is 4. The van der Waals surface area contributed by atoms with Crippen LogP contribution in [0.1, 0.15) is 19.4 Å². The Morgan fingerprint density at radius 2 is 2.11 bits per heavy atom. The molecule has 0 aromatic heterocycles. The molecule has 0 saturated heterocycles. The van der Waals surface area contributed by atoms with Gasteiger partial charge in [-0.3, -0.25) is 4.79 Å². The van der Waals surface area contributed by atoms with Gasteiger partial charge in [-0.2, -0.15) is 0 Å². The number of benzene rings is 1. The van der Waals surface area contributed by atoms with Crippen LogP contribution in [0, 0.1) is 0 Å². The fourth-order valence-electron chi connectivity index (χ4n) is 1.47. The standard InChI is InChI=1S/C13H20N2O3/c1-9(2)15-13(16)8-18-11-5-4-10(7-14)6-12(11)17-3/h4-6,9H,7-8,14H2,1-3H3,(H,15,16). The van der Waals surface area contributed by atoms with Gasteiger partial charge in [0, 0.05) is 12.6 Å². The summed E-state index contributed by atoms with van der Waals surface area (Å²) < 4.78 is 10.6. The lowest BCUT2D eigenvalue weighted by atomic mass is 10.2. The molecule has 5 heteroatoms. The average Bonchev–Trinajstić information content (AvgIpc) is 2.35. The van der Waals surface area contributed by atoms with E-state index < -0.39 is 0 Å². The summed E-state index contributed by atoms with van der Waals surface area (Å²) in [5, 5.41) is 2.75. The Morgan fingerprint density at radius 1 is 1.39 bits per heavy atom. The first-order chi connectivity index (χ1) is 8.56. The summed E-state index contributed by atoms with van der Waals surface area (Å²) in [5.41, 5.74) is 6.49. The molecule has 3 N–H and O–H groups in total. The molecule has 0 spiro atoms. The molecule has 0 fully saturated rings. The Labute approximate surface area is 107 Å². The van der Waals surface area contributed by atoms with Crippen molar-refractivity contribution in [2.45, 2.75) is 26.4 Å². The van der Waals surface area contributed by atoms with Crippen LogP contribution < -0.4 is 20.5 Å². The third-order valence-corrected chi connectivity index (χ3v) is 2.27. The van der Waals surface area contributed by atoms with E-state index >= 15 is 0 Å². The highest BCUT2D eigenvalue weighted by molar-refractivity contribution is 5.77. The van der Waals surface area contributed by atoms with Gasteiger partial charge in [0.1, 0.15) is 0 Å². The predicted octanol–water partition coefficient (Wildman–Crippen LogP) is 1.06. The summed E-state index contributed by atoms with van der Waals surface area (Å²) in [5.74, 6) is 0.957. The number of methoxy groups -OCH3 is 1. The summed E-state index contributed by atoms with van der Waals surface area (Å²) in [7, 11) is 1.55. The highest BCUT2D eigenvalue weighted by Gasteiger charge is 2.08. The van der Waals surface area contributed by atoms with E-state index in [4.69, 9.17) is 15.2 Å². The van der Waals surface area contributed by atoms with Crippen molar-refractivity contribution in [3.05, 3.63) is 23.8 Å². The summed E-state index contributed by atoms with van der Waals surface area (Å²) in [4.78, 5) is 11.5. The van der Waals surface area contributed by atoms with Crippen LogP contribution in [0.4, 0.5) is 0 Å². The number of hydrogen-bond donors (Lipinski definition) is 2. The summed E-state index contributed by atoms with van der Waals surface area (Å²) >= 11 is 0. The lowest BCUT2D eigenvalue weighted by molar-refractivity contribution is -0.123. The maximum absolute atomic E-state index is 11.5. The van der Waals surface area contributed by atoms with Crippen molar-refractivity contribution in [2.75, 3.05) is 13.7 Å². The van der Waals surface area contributed by atoms with Crippen molar-refractivity contribution in [1.29, 1.82) is 0 Å². The number of carbonyl (C=O) groups is 1. The molecule has 1 aromatic carbocycles. The van der Waals surface area contributed by atoms with Crippen LogP contribution in [0.2, 0.25) is 0 Å². The summed E-state index contributed by atoms with van der Waals surface area (Å²) in [6.45, 7) is 4.20. The normalized spacial score (nSPS) is 10.3. The molecule has 18 heavy (non-hydrogen) atoms. The van der Waals surface area contributed by atoms with Crippen molar-refractivity contribution in [3.63, 3.8) is 0 Å². The van der Waals surface area contributed by atoms with Gasteiger partial charge in [-0.05, 0) is 31.5 Å². The van der Waals surface area contributed by atoms with Crippen LogP contribution in [0.5, 0.6) is 11.5 Å². The lowest BCUT2D eigenvalue weighted by Crippen LogP contribution is -2.34. The Hall–Kier alpha value is -1.75. The van der Waals surface area contributed by atoms with E-state index in [0.29, 0.717) is 18.0 Å². The number of carbonyl (C=O) groups excluding carboxylic acids is 1. The molecule has 0 unspecified atom stereocenters. The van der Waals surface area contributed by atoms with Gasteiger partial charge in [-0.1, -0.05) is 6.07 Å². The third kappa shape index (κ3) is 4.25. The van der Waals surface area contributed by atoms with Gasteiger partial charge < -0.3 is 20.5 Å². The Morgan fingerprint density at radius 3 is 2.67 bits per heavy atom. The van der Waals surface area contributed by atoms with Crippen LogP contribution in [-0.4, -0.2) is 25.7 Å². The monoisotopic (exact) mass is 252 g/mol. The number of rotatable bonds is 6. The molecule has 0 radical (unpaired) electrons. The highest BCUT2D eigenvalue weighted by Crippen LogP contribution is 2.27. The second-order valence-corrected chi connectivity index (χ2v) is 4.20. The molecule has 0 aliphatic rings. The Balaban J connectivity index is 2.64. The topological polar surface area (TPSA) is 73.6 Å². The zero-order chi connectivity index (χ0) is 13.5. The first-order valence-corrected chi connectivity index (χ1v) is 5.86. The average molecular weight is 252 g/mol. The van der Waals surface area contributed by atoms with E-state index in [0.717, 1.165) is 5.56 Å². The minimum absolute atomic E-state index is 0.0312. The van der Waals surface area contributed by atoms with Crippen LogP contribution in [-0.2, 0) is 11.3 Å². The van der Waals surface area contributed by atoms with Crippen molar-refractivity contribution >= 4 is 5.91 Å². The fraction of sp³-hybridized carbons (Fsp3) is 0.462. The molecule has 0 aliphatic heterocycles. The van der Waals surface area contributed by atoms with Gasteiger partial charge in [0.05, 0.1) is 7.11 Å². The molecular formula is C13H20N2O3. The Kier molecular flexibility index (Phi) is 5.45. The van der Waals surface area contributed by atoms with Crippen molar-refractivity contribution < 1.29 is 14.3 Å². The molecule has 5 nitrogen and oxygen atoms in total. The van der Waals surface area contributed by atoms with Gasteiger partial charge in [0.15, 0.2) is 18.1 Å². The van der Waals surface area contributed by atoms with Crippen molar-refractivity contribution in [2.24, 2.45) is 5.73 Å². The van der Waals surface area contributed by atoms with Crippen LogP contribution in [0.3, 0.4) is 0 Å². The second kappa shape index (κ2) is 6.86. The van der Waals surface area contributed by atoms with E-state index in [-0.39, 0.29) is 18.6 Å². The minimum Gasteiger partial charge on any atom is -0.493 e. The summed E-state index contributed by atoms with van der Waals surface area (Å²) in [6.07, 6.45) is 0. The van der Waals surface area contributed by atoms with Gasteiger partial charge in [-0.25, -0.2) is 0 Å². The highest BCUT2D eigenvalue weighted by atomic mass is 16.5. The molecule has 1 amide bonds. The molecule has 0 aliphatic carbocycles. The van der Waals surface area contributed by atoms with Crippen molar-refractivity contribution in [3.8, 4) is 11.5 Å². The number of nitrogens with two attached hydrogens (primary N) is 1. The van der Waals surface area contributed by atoms with Gasteiger partial charge in [0.25, 0.3) is 5.91 Å². The van der Waals surface area contributed by atoms with E-state index in [1.165, 1.54) is 0 Å². The molecule has 1 aromatic rings. The smallest absolute Gasteiger partial charge is 0.258 e. The molecule has 1 rings (SSSR count). The zero-order valence-electron chi connectivity index (χ0n) is 11.0. The fourth-order valence-corrected chi connectivity index (χ4v) is 1.47. The molecule has 0 bridgehead atoms. The van der Waals surface area contributed by atoms with E-state index in [1.807, 2.05) is 19.9 Å². The van der Waals surface area contributed by atoms with Crippen molar-refractivity contribution in [1.82, 2.24) is 5.32 Å². The second-order valence-electron chi connectivity index (χ2n) is 4.20. The molecule has 0 saturated carbocycles. The summed E-state index contributed by atoms with van der Waals surface area (Å²) in [6, 6.07) is 5.50. The molecule has 0 atom stereocenters. The Bertz CT molecular complexity index is 405. The van der Waals surface area contributed by atoms with Crippen LogP contribution >= 0.6 is 0 Å². The first-order valence-electron chi connectivity index (χ1n) is 5.86. The van der Waals surface area contributed by atoms with Gasteiger partial charge in [-0.15, -0.1) is 0 Å². The predicted molar refractivity (Wildman–Crippen MR) is 69.7 cm³/mol.